The molecule has 5 saturated carbocycles. The molecule has 5 fully saturated rings. The predicted octanol–water partition coefficient (Wildman–Crippen LogP) is 1.54. The van der Waals surface area contributed by atoms with Gasteiger partial charge < -0.3 is 0 Å². The van der Waals surface area contributed by atoms with E-state index in [0.29, 0.717) is 5.92 Å². The van der Waals surface area contributed by atoms with Gasteiger partial charge in [0.15, 0.2) is 17.3 Å². The summed E-state index contributed by atoms with van der Waals surface area (Å²) >= 11 is 0. The van der Waals surface area contributed by atoms with Crippen molar-refractivity contribution in [2.45, 2.75) is 38.5 Å². The van der Waals surface area contributed by atoms with Crippen LogP contribution >= 0.6 is 0 Å². The largest absolute Gasteiger partial charge is 0.298 e. The van der Waals surface area contributed by atoms with Gasteiger partial charge in [0.2, 0.25) is 0 Å². The molecule has 1 spiro atoms. The van der Waals surface area contributed by atoms with E-state index in [0.717, 1.165) is 38.5 Å². The molecule has 3 unspecified atom stereocenters. The van der Waals surface area contributed by atoms with Crippen molar-refractivity contribution in [3.63, 3.8) is 0 Å². The molecule has 17 heavy (non-hydrogen) atoms. The average Bonchev–Trinajstić information content (AvgIpc) is 2.65. The van der Waals surface area contributed by atoms with Crippen molar-refractivity contribution in [3.05, 3.63) is 0 Å². The molecule has 5 rings (SSSR count). The minimum atomic E-state index is -0.714. The number of rotatable bonds is 0. The Morgan fingerprint density at radius 2 is 1.59 bits per heavy atom. The number of carbonyl (C=O) groups excluding carboxylic acids is 3. The minimum Gasteiger partial charge on any atom is -0.298 e. The van der Waals surface area contributed by atoms with Crippen LogP contribution in [0.4, 0.5) is 0 Å². The first-order valence-electron chi connectivity index (χ1n) is 6.77. The molecule has 5 aliphatic carbocycles. The van der Waals surface area contributed by atoms with Gasteiger partial charge in [0.25, 0.3) is 0 Å². The molecule has 3 atom stereocenters. The smallest absolute Gasteiger partial charge is 0.157 e. The van der Waals surface area contributed by atoms with E-state index >= 15 is 0 Å². The molecule has 0 aromatic carbocycles. The highest BCUT2D eigenvalue weighted by atomic mass is 16.2. The highest BCUT2D eigenvalue weighted by molar-refractivity contribution is 6.27. The van der Waals surface area contributed by atoms with Crippen LogP contribution in [-0.2, 0) is 14.4 Å². The van der Waals surface area contributed by atoms with Gasteiger partial charge in [0, 0.05) is 0 Å². The SMILES string of the molecule is O=C1C2CC3CC1C(=O)C1(CCCC1C3)C2=O. The van der Waals surface area contributed by atoms with Crippen molar-refractivity contribution in [2.24, 2.45) is 29.1 Å². The van der Waals surface area contributed by atoms with Crippen LogP contribution in [0, 0.1) is 29.1 Å². The monoisotopic (exact) mass is 232 g/mol. The van der Waals surface area contributed by atoms with Gasteiger partial charge in [0.1, 0.15) is 0 Å². The molecule has 0 aliphatic heterocycles. The Morgan fingerprint density at radius 3 is 2.24 bits per heavy atom. The summed E-state index contributed by atoms with van der Waals surface area (Å²) in [6.07, 6.45) is 5.21. The molecule has 0 aromatic rings. The third-order valence-corrected chi connectivity index (χ3v) is 5.78. The molecule has 0 aromatic heterocycles. The zero-order valence-electron chi connectivity index (χ0n) is 9.78. The van der Waals surface area contributed by atoms with Gasteiger partial charge in [-0.2, -0.15) is 0 Å². The molecular formula is C14H16O3. The van der Waals surface area contributed by atoms with E-state index in [2.05, 4.69) is 0 Å². The first-order valence-corrected chi connectivity index (χ1v) is 6.77. The second-order valence-electron chi connectivity index (χ2n) is 6.37. The summed E-state index contributed by atoms with van der Waals surface area (Å²) < 4.78 is 0. The van der Waals surface area contributed by atoms with Crippen molar-refractivity contribution in [2.75, 3.05) is 0 Å². The maximum absolute atomic E-state index is 12.6. The molecule has 3 heteroatoms. The van der Waals surface area contributed by atoms with Gasteiger partial charge in [-0.15, -0.1) is 0 Å². The van der Waals surface area contributed by atoms with E-state index < -0.39 is 17.3 Å². The molecular weight excluding hydrogens is 216 g/mol. The lowest BCUT2D eigenvalue weighted by Gasteiger charge is -2.41. The van der Waals surface area contributed by atoms with Gasteiger partial charge >= 0.3 is 0 Å². The predicted molar refractivity (Wildman–Crippen MR) is 59.1 cm³/mol. The summed E-state index contributed by atoms with van der Waals surface area (Å²) in [4.78, 5) is 37.2. The third kappa shape index (κ3) is 0.939. The summed E-state index contributed by atoms with van der Waals surface area (Å²) in [5.41, 5.74) is -0.714. The Kier molecular flexibility index (Phi) is 1.69. The maximum Gasteiger partial charge on any atom is 0.157 e. The minimum absolute atomic E-state index is 0.00782. The summed E-state index contributed by atoms with van der Waals surface area (Å²) in [5, 5.41) is 0. The molecule has 4 bridgehead atoms. The molecule has 0 saturated heterocycles. The number of hydrogen-bond donors (Lipinski definition) is 0. The van der Waals surface area contributed by atoms with Crippen LogP contribution in [0.15, 0.2) is 0 Å². The molecule has 0 heterocycles. The summed E-state index contributed by atoms with van der Waals surface area (Å²) in [6, 6.07) is 0. The fraction of sp³-hybridized carbons (Fsp3) is 0.786. The maximum atomic E-state index is 12.6. The Labute approximate surface area is 99.9 Å². The Bertz CT molecular complexity index is 422. The van der Waals surface area contributed by atoms with Gasteiger partial charge in [0.05, 0.1) is 17.3 Å². The number of carbonyl (C=O) groups is 3. The molecule has 0 amide bonds. The molecule has 0 N–H and O–H groups in total. The van der Waals surface area contributed by atoms with E-state index in [4.69, 9.17) is 0 Å². The lowest BCUT2D eigenvalue weighted by atomic mass is 9.57. The molecule has 3 nitrogen and oxygen atoms in total. The van der Waals surface area contributed by atoms with Crippen LogP contribution in [-0.4, -0.2) is 17.3 Å². The molecule has 0 radical (unpaired) electrons. The van der Waals surface area contributed by atoms with Crippen LogP contribution in [0.25, 0.3) is 0 Å². The van der Waals surface area contributed by atoms with E-state index in [-0.39, 0.29) is 23.3 Å². The highest BCUT2D eigenvalue weighted by Crippen LogP contribution is 2.60. The van der Waals surface area contributed by atoms with Crippen molar-refractivity contribution in [3.8, 4) is 0 Å². The molecule has 90 valence electrons. The first-order chi connectivity index (χ1) is 8.14. The van der Waals surface area contributed by atoms with Crippen LogP contribution in [0.1, 0.15) is 38.5 Å². The second kappa shape index (κ2) is 2.88. The Balaban J connectivity index is 1.96. The van der Waals surface area contributed by atoms with E-state index in [1.54, 1.807) is 0 Å². The second-order valence-corrected chi connectivity index (χ2v) is 6.37. The number of Topliss-reactive ketones (excluding diaryl/α,β-unsaturated/α-hetero) is 3. The summed E-state index contributed by atoms with van der Waals surface area (Å²) in [6.45, 7) is 0. The number of ketones is 3. The lowest BCUT2D eigenvalue weighted by molar-refractivity contribution is -0.159. The van der Waals surface area contributed by atoms with E-state index in [1.165, 1.54) is 0 Å². The van der Waals surface area contributed by atoms with Crippen LogP contribution in [0.3, 0.4) is 0 Å². The van der Waals surface area contributed by atoms with Crippen LogP contribution in [0.5, 0.6) is 0 Å². The van der Waals surface area contributed by atoms with Crippen molar-refractivity contribution in [1.82, 2.24) is 0 Å². The quantitative estimate of drug-likeness (QED) is 0.595. The van der Waals surface area contributed by atoms with Crippen molar-refractivity contribution >= 4 is 17.3 Å². The average molecular weight is 232 g/mol. The van der Waals surface area contributed by atoms with Gasteiger partial charge in [-0.1, -0.05) is 6.42 Å². The normalized spacial score (nSPS) is 51.9. The Morgan fingerprint density at radius 1 is 0.941 bits per heavy atom. The first kappa shape index (κ1) is 9.98. The topological polar surface area (TPSA) is 51.2 Å². The van der Waals surface area contributed by atoms with Crippen LogP contribution in [0.2, 0.25) is 0 Å². The van der Waals surface area contributed by atoms with Crippen molar-refractivity contribution in [1.29, 1.82) is 0 Å². The van der Waals surface area contributed by atoms with Gasteiger partial charge in [-0.3, -0.25) is 14.4 Å². The van der Waals surface area contributed by atoms with Gasteiger partial charge in [-0.25, -0.2) is 0 Å². The summed E-state index contributed by atoms with van der Waals surface area (Å²) in [7, 11) is 0. The van der Waals surface area contributed by atoms with Gasteiger partial charge in [-0.05, 0) is 43.9 Å². The lowest BCUT2D eigenvalue weighted by Crippen LogP contribution is -2.57. The van der Waals surface area contributed by atoms with E-state index in [1.807, 2.05) is 0 Å². The number of hydrogen-bond acceptors (Lipinski definition) is 3. The fourth-order valence-corrected chi connectivity index (χ4v) is 5.09. The molecule has 5 aliphatic rings. The zero-order chi connectivity index (χ0) is 11.8. The van der Waals surface area contributed by atoms with E-state index in [9.17, 15) is 14.4 Å². The summed E-state index contributed by atoms with van der Waals surface area (Å²) in [5.74, 6) is -0.158. The third-order valence-electron chi connectivity index (χ3n) is 5.78. The zero-order valence-corrected chi connectivity index (χ0v) is 9.78. The van der Waals surface area contributed by atoms with Crippen molar-refractivity contribution < 1.29 is 14.4 Å². The fourth-order valence-electron chi connectivity index (χ4n) is 5.09. The highest BCUT2D eigenvalue weighted by Gasteiger charge is 2.67. The standard InChI is InChI=1S/C14H16O3/c15-11-9-5-7-4-8-2-1-3-14(8,12(9)16)13(17)10(11)6-7/h7-10H,1-6H2. The van der Waals surface area contributed by atoms with Crippen LogP contribution < -0.4 is 0 Å². The Hall–Kier alpha value is -0.990.